The molecule has 0 amide bonds. The first-order chi connectivity index (χ1) is 8.04. The van der Waals surface area contributed by atoms with E-state index >= 15 is 0 Å². The van der Waals surface area contributed by atoms with Gasteiger partial charge in [0.25, 0.3) is 0 Å². The number of rotatable bonds is 6. The molecule has 1 heterocycles. The standard InChI is InChI=1S/C15H31NO/c1-6-13(7-2)12(4)16-14-9-10-17-15(5,8-3)11-14/h12-14,16H,6-11H2,1-5H3. The summed E-state index contributed by atoms with van der Waals surface area (Å²) in [6.07, 6.45) is 6.00. The Kier molecular flexibility index (Phi) is 5.94. The Morgan fingerprint density at radius 3 is 2.47 bits per heavy atom. The van der Waals surface area contributed by atoms with Gasteiger partial charge in [-0.2, -0.15) is 0 Å². The molecular formula is C15H31NO. The van der Waals surface area contributed by atoms with Crippen LogP contribution in [0, 0.1) is 5.92 Å². The van der Waals surface area contributed by atoms with Gasteiger partial charge in [0.2, 0.25) is 0 Å². The Hall–Kier alpha value is -0.0800. The van der Waals surface area contributed by atoms with Crippen molar-refractivity contribution >= 4 is 0 Å². The monoisotopic (exact) mass is 241 g/mol. The van der Waals surface area contributed by atoms with Crippen LogP contribution < -0.4 is 5.32 Å². The second-order valence-corrected chi connectivity index (χ2v) is 5.87. The van der Waals surface area contributed by atoms with Crippen molar-refractivity contribution < 1.29 is 4.74 Å². The first kappa shape index (κ1) is 15.0. The third-order valence-electron chi connectivity index (χ3n) is 4.60. The summed E-state index contributed by atoms with van der Waals surface area (Å²) in [7, 11) is 0. The molecule has 0 aromatic rings. The first-order valence-corrected chi connectivity index (χ1v) is 7.44. The molecule has 0 spiro atoms. The zero-order valence-electron chi connectivity index (χ0n) is 12.4. The molecular weight excluding hydrogens is 210 g/mol. The summed E-state index contributed by atoms with van der Waals surface area (Å²) in [6, 6.07) is 1.28. The van der Waals surface area contributed by atoms with Gasteiger partial charge in [0, 0.05) is 18.7 Å². The average molecular weight is 241 g/mol. The molecule has 0 aromatic carbocycles. The molecule has 17 heavy (non-hydrogen) atoms. The predicted molar refractivity (Wildman–Crippen MR) is 74.3 cm³/mol. The van der Waals surface area contributed by atoms with Crippen molar-refractivity contribution in [3.05, 3.63) is 0 Å². The molecule has 0 saturated carbocycles. The maximum atomic E-state index is 5.90. The molecule has 1 aliphatic heterocycles. The maximum Gasteiger partial charge on any atom is 0.0666 e. The molecule has 0 bridgehead atoms. The second kappa shape index (κ2) is 6.75. The lowest BCUT2D eigenvalue weighted by Gasteiger charge is -2.40. The highest BCUT2D eigenvalue weighted by molar-refractivity contribution is 4.87. The Morgan fingerprint density at radius 1 is 1.29 bits per heavy atom. The minimum absolute atomic E-state index is 0.101. The summed E-state index contributed by atoms with van der Waals surface area (Å²) >= 11 is 0. The van der Waals surface area contributed by atoms with Gasteiger partial charge >= 0.3 is 0 Å². The van der Waals surface area contributed by atoms with Crippen LogP contribution >= 0.6 is 0 Å². The average Bonchev–Trinajstić information content (AvgIpc) is 2.30. The third-order valence-corrected chi connectivity index (χ3v) is 4.60. The van der Waals surface area contributed by atoms with E-state index in [0.29, 0.717) is 12.1 Å². The van der Waals surface area contributed by atoms with Gasteiger partial charge in [-0.05, 0) is 39.0 Å². The quantitative estimate of drug-likeness (QED) is 0.764. The highest BCUT2D eigenvalue weighted by atomic mass is 16.5. The summed E-state index contributed by atoms with van der Waals surface area (Å²) in [4.78, 5) is 0. The van der Waals surface area contributed by atoms with Crippen molar-refractivity contribution in [2.75, 3.05) is 6.61 Å². The Morgan fingerprint density at radius 2 is 1.94 bits per heavy atom. The Bertz CT molecular complexity index is 215. The second-order valence-electron chi connectivity index (χ2n) is 5.87. The van der Waals surface area contributed by atoms with E-state index < -0.39 is 0 Å². The molecule has 1 saturated heterocycles. The van der Waals surface area contributed by atoms with E-state index in [1.165, 1.54) is 19.3 Å². The van der Waals surface area contributed by atoms with Crippen LogP contribution in [0.4, 0.5) is 0 Å². The molecule has 1 N–H and O–H groups in total. The van der Waals surface area contributed by atoms with E-state index in [0.717, 1.165) is 25.4 Å². The van der Waals surface area contributed by atoms with Crippen molar-refractivity contribution in [3.8, 4) is 0 Å². The zero-order chi connectivity index (χ0) is 12.9. The van der Waals surface area contributed by atoms with Crippen molar-refractivity contribution in [3.63, 3.8) is 0 Å². The summed E-state index contributed by atoms with van der Waals surface area (Å²) in [5.41, 5.74) is 0.101. The highest BCUT2D eigenvalue weighted by Gasteiger charge is 2.32. The van der Waals surface area contributed by atoms with Crippen molar-refractivity contribution in [1.29, 1.82) is 0 Å². The van der Waals surface area contributed by atoms with Crippen molar-refractivity contribution in [2.24, 2.45) is 5.92 Å². The molecule has 1 fully saturated rings. The van der Waals surface area contributed by atoms with E-state index in [4.69, 9.17) is 4.74 Å². The molecule has 0 aliphatic carbocycles. The van der Waals surface area contributed by atoms with Crippen LogP contribution in [0.3, 0.4) is 0 Å². The van der Waals surface area contributed by atoms with Gasteiger partial charge in [0.15, 0.2) is 0 Å². The first-order valence-electron chi connectivity index (χ1n) is 7.44. The molecule has 3 unspecified atom stereocenters. The van der Waals surface area contributed by atoms with Gasteiger partial charge in [-0.3, -0.25) is 0 Å². The molecule has 2 heteroatoms. The van der Waals surface area contributed by atoms with E-state index in [1.807, 2.05) is 0 Å². The number of hydrogen-bond donors (Lipinski definition) is 1. The topological polar surface area (TPSA) is 21.3 Å². The van der Waals surface area contributed by atoms with Gasteiger partial charge in [-0.15, -0.1) is 0 Å². The number of nitrogens with one attached hydrogen (secondary N) is 1. The van der Waals surface area contributed by atoms with E-state index in [9.17, 15) is 0 Å². The van der Waals surface area contributed by atoms with Crippen molar-refractivity contribution in [1.82, 2.24) is 5.32 Å². The van der Waals surface area contributed by atoms with Gasteiger partial charge in [0.1, 0.15) is 0 Å². The van der Waals surface area contributed by atoms with E-state index in [1.54, 1.807) is 0 Å². The van der Waals surface area contributed by atoms with Crippen LogP contribution in [-0.4, -0.2) is 24.3 Å². The third kappa shape index (κ3) is 4.26. The molecule has 2 nitrogen and oxygen atoms in total. The summed E-state index contributed by atoms with van der Waals surface area (Å²) < 4.78 is 5.90. The molecule has 1 aliphatic rings. The van der Waals surface area contributed by atoms with Crippen LogP contribution in [0.5, 0.6) is 0 Å². The van der Waals surface area contributed by atoms with Crippen molar-refractivity contribution in [2.45, 2.75) is 84.4 Å². The van der Waals surface area contributed by atoms with Crippen LogP contribution in [0.1, 0.15) is 66.7 Å². The van der Waals surface area contributed by atoms with Gasteiger partial charge in [-0.1, -0.05) is 33.6 Å². The molecule has 3 atom stereocenters. The fraction of sp³-hybridized carbons (Fsp3) is 1.00. The number of ether oxygens (including phenoxy) is 1. The highest BCUT2D eigenvalue weighted by Crippen LogP contribution is 2.28. The summed E-state index contributed by atoms with van der Waals surface area (Å²) in [6.45, 7) is 12.3. The smallest absolute Gasteiger partial charge is 0.0666 e. The fourth-order valence-electron chi connectivity index (χ4n) is 3.02. The SMILES string of the molecule is CCC(CC)C(C)NC1CCOC(C)(CC)C1. The Balaban J connectivity index is 2.45. The minimum atomic E-state index is 0.101. The lowest BCUT2D eigenvalue weighted by atomic mass is 9.88. The summed E-state index contributed by atoms with van der Waals surface area (Å²) in [5.74, 6) is 0.811. The van der Waals surface area contributed by atoms with Gasteiger partial charge in [-0.25, -0.2) is 0 Å². The molecule has 0 aromatic heterocycles. The largest absolute Gasteiger partial charge is 0.375 e. The minimum Gasteiger partial charge on any atom is -0.375 e. The zero-order valence-corrected chi connectivity index (χ0v) is 12.4. The maximum absolute atomic E-state index is 5.90. The predicted octanol–water partition coefficient (Wildman–Crippen LogP) is 3.75. The van der Waals surface area contributed by atoms with Gasteiger partial charge < -0.3 is 10.1 Å². The van der Waals surface area contributed by atoms with Crippen LogP contribution in [-0.2, 0) is 4.74 Å². The number of hydrogen-bond acceptors (Lipinski definition) is 2. The van der Waals surface area contributed by atoms with Crippen LogP contribution in [0.25, 0.3) is 0 Å². The lowest BCUT2D eigenvalue weighted by molar-refractivity contribution is -0.0796. The normalized spacial score (nSPS) is 31.8. The summed E-state index contributed by atoms with van der Waals surface area (Å²) in [5, 5.41) is 3.83. The molecule has 0 radical (unpaired) electrons. The molecule has 102 valence electrons. The van der Waals surface area contributed by atoms with Gasteiger partial charge in [0.05, 0.1) is 5.60 Å². The lowest BCUT2D eigenvalue weighted by Crippen LogP contribution is -2.49. The van der Waals surface area contributed by atoms with E-state index in [2.05, 4.69) is 39.9 Å². The molecule has 1 rings (SSSR count). The fourth-order valence-corrected chi connectivity index (χ4v) is 3.02. The van der Waals surface area contributed by atoms with Crippen LogP contribution in [0.15, 0.2) is 0 Å². The van der Waals surface area contributed by atoms with Crippen LogP contribution in [0.2, 0.25) is 0 Å². The Labute approximate surface area is 108 Å². The van der Waals surface area contributed by atoms with E-state index in [-0.39, 0.29) is 5.60 Å².